The van der Waals surface area contributed by atoms with Gasteiger partial charge in [-0.25, -0.2) is 4.79 Å². The minimum atomic E-state index is -0.644. The first-order valence-corrected chi connectivity index (χ1v) is 11.8. The Bertz CT molecular complexity index is 826. The summed E-state index contributed by atoms with van der Waals surface area (Å²) >= 11 is 0. The van der Waals surface area contributed by atoms with E-state index >= 15 is 0 Å². The summed E-state index contributed by atoms with van der Waals surface area (Å²) in [4.78, 5) is 41.2. The number of urea groups is 1. The Morgan fingerprint density at radius 3 is 2.69 bits per heavy atom. The summed E-state index contributed by atoms with van der Waals surface area (Å²) in [6.45, 7) is 3.28. The second kappa shape index (κ2) is 10.3. The molecule has 1 aromatic carbocycles. The number of amides is 4. The van der Waals surface area contributed by atoms with Crippen molar-refractivity contribution in [3.05, 3.63) is 29.8 Å². The topological polar surface area (TPSA) is 91.0 Å². The fraction of sp³-hybridized carbons (Fsp3) is 0.625. The molecule has 0 aliphatic carbocycles. The lowest BCUT2D eigenvalue weighted by molar-refractivity contribution is -0.128. The van der Waals surface area contributed by atoms with E-state index in [9.17, 15) is 14.4 Å². The van der Waals surface area contributed by atoms with Crippen LogP contribution < -0.4 is 15.4 Å². The van der Waals surface area contributed by atoms with Gasteiger partial charge in [0.05, 0.1) is 13.7 Å². The maximum Gasteiger partial charge on any atom is 0.325 e. The maximum absolute atomic E-state index is 12.7. The SMILES string of the molecule is COc1ccc(CN2C(=O)NC(CCC(=O)NCC3CCCN4CCCCC34)C2=O)cc1. The average molecular weight is 443 g/mol. The van der Waals surface area contributed by atoms with Gasteiger partial charge in [0.2, 0.25) is 5.91 Å². The summed E-state index contributed by atoms with van der Waals surface area (Å²) in [5.74, 6) is 0.914. The molecule has 1 aromatic rings. The van der Waals surface area contributed by atoms with E-state index in [2.05, 4.69) is 15.5 Å². The molecule has 0 bridgehead atoms. The highest BCUT2D eigenvalue weighted by molar-refractivity contribution is 6.04. The zero-order valence-corrected chi connectivity index (χ0v) is 18.8. The largest absolute Gasteiger partial charge is 0.497 e. The number of nitrogens with zero attached hydrogens (tertiary/aromatic N) is 2. The second-order valence-corrected chi connectivity index (χ2v) is 9.12. The first-order chi connectivity index (χ1) is 15.5. The number of carbonyl (C=O) groups excluding carboxylic acids is 3. The standard InChI is InChI=1S/C24H34N4O4/c1-32-19-9-7-17(8-10-19)16-28-23(30)20(26-24(28)31)11-12-22(29)25-15-18-5-4-14-27-13-3-2-6-21(18)27/h7-10,18,20-21H,2-6,11-16H2,1H3,(H,25,29)(H,26,31). The van der Waals surface area contributed by atoms with E-state index in [-0.39, 0.29) is 24.8 Å². The Balaban J connectivity index is 1.22. The van der Waals surface area contributed by atoms with Gasteiger partial charge in [0, 0.05) is 19.0 Å². The molecule has 0 saturated carbocycles. The van der Waals surface area contributed by atoms with E-state index in [0.29, 0.717) is 24.9 Å². The first kappa shape index (κ1) is 22.6. The van der Waals surface area contributed by atoms with E-state index in [1.54, 1.807) is 19.2 Å². The Hall–Kier alpha value is -2.61. The van der Waals surface area contributed by atoms with Crippen molar-refractivity contribution in [2.75, 3.05) is 26.7 Å². The third-order valence-corrected chi connectivity index (χ3v) is 7.06. The van der Waals surface area contributed by atoms with Crippen molar-refractivity contribution in [1.82, 2.24) is 20.4 Å². The molecule has 8 nitrogen and oxygen atoms in total. The summed E-state index contributed by atoms with van der Waals surface area (Å²) in [5.41, 5.74) is 0.844. The number of hydrogen-bond donors (Lipinski definition) is 2. The zero-order valence-electron chi connectivity index (χ0n) is 18.8. The average Bonchev–Trinajstić information content (AvgIpc) is 3.09. The van der Waals surface area contributed by atoms with E-state index < -0.39 is 12.1 Å². The van der Waals surface area contributed by atoms with Crippen molar-refractivity contribution in [2.24, 2.45) is 5.92 Å². The lowest BCUT2D eigenvalue weighted by Gasteiger charge is -2.44. The van der Waals surface area contributed by atoms with Crippen LogP contribution in [0.1, 0.15) is 50.5 Å². The Morgan fingerprint density at radius 1 is 1.12 bits per heavy atom. The van der Waals surface area contributed by atoms with Crippen LogP contribution in [0.2, 0.25) is 0 Å². The predicted molar refractivity (Wildman–Crippen MR) is 120 cm³/mol. The highest BCUT2D eigenvalue weighted by atomic mass is 16.5. The maximum atomic E-state index is 12.7. The molecule has 0 spiro atoms. The lowest BCUT2D eigenvalue weighted by atomic mass is 9.83. The van der Waals surface area contributed by atoms with Gasteiger partial charge in [-0.3, -0.25) is 14.5 Å². The molecule has 4 amide bonds. The van der Waals surface area contributed by atoms with Crippen LogP contribution in [0.5, 0.6) is 5.75 Å². The molecule has 0 aromatic heterocycles. The predicted octanol–water partition coefficient (Wildman–Crippen LogP) is 2.28. The van der Waals surface area contributed by atoms with Crippen LogP contribution in [-0.4, -0.2) is 66.5 Å². The minimum absolute atomic E-state index is 0.0476. The van der Waals surface area contributed by atoms with Crippen molar-refractivity contribution in [2.45, 2.75) is 63.6 Å². The van der Waals surface area contributed by atoms with Crippen LogP contribution in [-0.2, 0) is 16.1 Å². The number of hydrogen-bond acceptors (Lipinski definition) is 5. The smallest absolute Gasteiger partial charge is 0.325 e. The summed E-state index contributed by atoms with van der Waals surface area (Å²) in [6, 6.07) is 6.81. The van der Waals surface area contributed by atoms with E-state index in [0.717, 1.165) is 11.3 Å². The molecule has 174 valence electrons. The minimum Gasteiger partial charge on any atom is -0.497 e. The molecule has 3 atom stereocenters. The monoisotopic (exact) mass is 442 g/mol. The van der Waals surface area contributed by atoms with Gasteiger partial charge in [0.25, 0.3) is 5.91 Å². The van der Waals surface area contributed by atoms with Crippen molar-refractivity contribution in [1.29, 1.82) is 0 Å². The molecule has 0 radical (unpaired) electrons. The molecule has 4 rings (SSSR count). The van der Waals surface area contributed by atoms with E-state index in [1.807, 2.05) is 12.1 Å². The molecule has 8 heteroatoms. The van der Waals surface area contributed by atoms with Gasteiger partial charge in [0.15, 0.2) is 0 Å². The number of piperidine rings is 2. The Kier molecular flexibility index (Phi) is 7.29. The molecule has 3 heterocycles. The number of imide groups is 1. The zero-order chi connectivity index (χ0) is 22.5. The van der Waals surface area contributed by atoms with Crippen LogP contribution in [0, 0.1) is 5.92 Å². The van der Waals surface area contributed by atoms with Gasteiger partial charge in [0.1, 0.15) is 11.8 Å². The summed E-state index contributed by atoms with van der Waals surface area (Å²) in [5, 5.41) is 5.80. The third-order valence-electron chi connectivity index (χ3n) is 7.06. The van der Waals surface area contributed by atoms with Crippen molar-refractivity contribution in [3.8, 4) is 5.75 Å². The Labute approximate surface area is 189 Å². The number of carbonyl (C=O) groups is 3. The van der Waals surface area contributed by atoms with Gasteiger partial charge < -0.3 is 20.3 Å². The number of fused-ring (bicyclic) bond motifs is 1. The normalized spacial score (nSPS) is 25.9. The van der Waals surface area contributed by atoms with Crippen LogP contribution in [0.25, 0.3) is 0 Å². The van der Waals surface area contributed by atoms with Crippen LogP contribution >= 0.6 is 0 Å². The quantitative estimate of drug-likeness (QED) is 0.603. The number of rotatable bonds is 8. The highest BCUT2D eigenvalue weighted by Gasteiger charge is 2.38. The van der Waals surface area contributed by atoms with Gasteiger partial charge in [-0.15, -0.1) is 0 Å². The van der Waals surface area contributed by atoms with Gasteiger partial charge >= 0.3 is 6.03 Å². The first-order valence-electron chi connectivity index (χ1n) is 11.8. The van der Waals surface area contributed by atoms with Crippen LogP contribution in [0.4, 0.5) is 4.79 Å². The van der Waals surface area contributed by atoms with E-state index in [1.165, 1.54) is 50.1 Å². The lowest BCUT2D eigenvalue weighted by Crippen LogP contribution is -2.51. The van der Waals surface area contributed by atoms with Crippen LogP contribution in [0.3, 0.4) is 0 Å². The fourth-order valence-corrected chi connectivity index (χ4v) is 5.26. The summed E-state index contributed by atoms with van der Waals surface area (Å²) in [6.07, 6.45) is 6.70. The molecule has 3 aliphatic heterocycles. The molecule has 3 aliphatic rings. The highest BCUT2D eigenvalue weighted by Crippen LogP contribution is 2.30. The van der Waals surface area contributed by atoms with E-state index in [4.69, 9.17) is 4.74 Å². The number of benzene rings is 1. The summed E-state index contributed by atoms with van der Waals surface area (Å²) in [7, 11) is 1.59. The number of methoxy groups -OCH3 is 1. The molecule has 3 saturated heterocycles. The van der Waals surface area contributed by atoms with Crippen molar-refractivity contribution >= 4 is 17.8 Å². The van der Waals surface area contributed by atoms with Gasteiger partial charge in [-0.1, -0.05) is 18.6 Å². The van der Waals surface area contributed by atoms with Crippen molar-refractivity contribution < 1.29 is 19.1 Å². The molecular weight excluding hydrogens is 408 g/mol. The number of nitrogens with one attached hydrogen (secondary N) is 2. The third kappa shape index (κ3) is 5.23. The van der Waals surface area contributed by atoms with Gasteiger partial charge in [-0.05, 0) is 68.8 Å². The molecule has 2 N–H and O–H groups in total. The fourth-order valence-electron chi connectivity index (χ4n) is 5.26. The molecular formula is C24H34N4O4. The van der Waals surface area contributed by atoms with Gasteiger partial charge in [-0.2, -0.15) is 0 Å². The molecule has 32 heavy (non-hydrogen) atoms. The second-order valence-electron chi connectivity index (χ2n) is 9.12. The summed E-state index contributed by atoms with van der Waals surface area (Å²) < 4.78 is 5.14. The Morgan fingerprint density at radius 2 is 1.91 bits per heavy atom. The van der Waals surface area contributed by atoms with Crippen molar-refractivity contribution in [3.63, 3.8) is 0 Å². The molecule has 3 unspecified atom stereocenters. The van der Waals surface area contributed by atoms with Crippen LogP contribution in [0.15, 0.2) is 24.3 Å². The molecule has 3 fully saturated rings. The number of ether oxygens (including phenoxy) is 1.